The lowest BCUT2D eigenvalue weighted by atomic mass is 10.2. The first-order valence-electron chi connectivity index (χ1n) is 5.80. The third-order valence-electron chi connectivity index (χ3n) is 2.34. The summed E-state index contributed by atoms with van der Waals surface area (Å²) >= 11 is 0. The van der Waals surface area contributed by atoms with Crippen molar-refractivity contribution in [1.29, 1.82) is 0 Å². The molecular formula is C13H18N2O3. The Hall–Kier alpha value is -2.04. The van der Waals surface area contributed by atoms with Crippen LogP contribution in [0.3, 0.4) is 0 Å². The van der Waals surface area contributed by atoms with Crippen molar-refractivity contribution in [2.75, 3.05) is 19.0 Å². The summed E-state index contributed by atoms with van der Waals surface area (Å²) in [6.45, 7) is 2.03. The van der Waals surface area contributed by atoms with Crippen molar-refractivity contribution >= 4 is 17.5 Å². The number of nitrogens with one attached hydrogen (secondary N) is 2. The fourth-order valence-electron chi connectivity index (χ4n) is 1.39. The number of carbonyl (C=O) groups excluding carboxylic acids is 2. The molecule has 0 atom stereocenters. The van der Waals surface area contributed by atoms with E-state index in [4.69, 9.17) is 4.74 Å². The van der Waals surface area contributed by atoms with Gasteiger partial charge in [-0.05, 0) is 37.6 Å². The summed E-state index contributed by atoms with van der Waals surface area (Å²) in [4.78, 5) is 22.2. The molecule has 0 aliphatic carbocycles. The first kappa shape index (κ1) is 14.0. The molecule has 1 aromatic carbocycles. The van der Waals surface area contributed by atoms with Gasteiger partial charge in [-0.3, -0.25) is 0 Å². The highest BCUT2D eigenvalue weighted by molar-refractivity contribution is 5.89. The van der Waals surface area contributed by atoms with Crippen molar-refractivity contribution in [3.8, 4) is 5.75 Å². The van der Waals surface area contributed by atoms with Crippen LogP contribution in [0.1, 0.15) is 19.8 Å². The van der Waals surface area contributed by atoms with Gasteiger partial charge in [0.25, 0.3) is 0 Å². The van der Waals surface area contributed by atoms with Crippen molar-refractivity contribution in [3.63, 3.8) is 0 Å². The highest BCUT2D eigenvalue weighted by Crippen LogP contribution is 2.14. The molecule has 18 heavy (non-hydrogen) atoms. The minimum atomic E-state index is -0.274. The molecule has 1 rings (SSSR count). The molecule has 2 N–H and O–H groups in total. The van der Waals surface area contributed by atoms with Crippen LogP contribution >= 0.6 is 0 Å². The number of rotatable bonds is 6. The number of methoxy groups -OCH3 is 1. The topological polar surface area (TPSA) is 67.4 Å². The molecule has 5 nitrogen and oxygen atoms in total. The molecule has 0 saturated heterocycles. The van der Waals surface area contributed by atoms with Gasteiger partial charge in [-0.2, -0.15) is 0 Å². The molecule has 0 saturated carbocycles. The quantitative estimate of drug-likeness (QED) is 0.760. The number of urea groups is 1. The number of carbonyl (C=O) groups is 2. The van der Waals surface area contributed by atoms with E-state index in [0.717, 1.165) is 5.75 Å². The van der Waals surface area contributed by atoms with Crippen LogP contribution in [0.25, 0.3) is 0 Å². The van der Waals surface area contributed by atoms with E-state index in [0.29, 0.717) is 25.1 Å². The Kier molecular flexibility index (Phi) is 5.70. The second-order valence-corrected chi connectivity index (χ2v) is 3.91. The zero-order valence-electron chi connectivity index (χ0n) is 10.7. The summed E-state index contributed by atoms with van der Waals surface area (Å²) in [5, 5.41) is 5.37. The molecule has 0 radical (unpaired) electrons. The van der Waals surface area contributed by atoms with E-state index in [1.165, 1.54) is 6.92 Å². The molecule has 5 heteroatoms. The Labute approximate surface area is 107 Å². The third kappa shape index (κ3) is 5.34. The maximum Gasteiger partial charge on any atom is 0.319 e. The third-order valence-corrected chi connectivity index (χ3v) is 2.34. The smallest absolute Gasteiger partial charge is 0.319 e. The normalized spacial score (nSPS) is 9.67. The van der Waals surface area contributed by atoms with E-state index >= 15 is 0 Å². The van der Waals surface area contributed by atoms with Crippen LogP contribution < -0.4 is 15.4 Å². The van der Waals surface area contributed by atoms with Crippen LogP contribution in [0.2, 0.25) is 0 Å². The van der Waals surface area contributed by atoms with Gasteiger partial charge in [0.05, 0.1) is 7.11 Å². The minimum absolute atomic E-state index is 0.132. The highest BCUT2D eigenvalue weighted by atomic mass is 16.5. The molecule has 0 aliphatic heterocycles. The number of anilines is 1. The Bertz CT molecular complexity index is 401. The average Bonchev–Trinajstić information content (AvgIpc) is 2.35. The summed E-state index contributed by atoms with van der Waals surface area (Å²) in [5.74, 6) is 0.870. The van der Waals surface area contributed by atoms with E-state index in [2.05, 4.69) is 10.6 Å². The molecule has 98 valence electrons. The Balaban J connectivity index is 2.28. The van der Waals surface area contributed by atoms with Crippen molar-refractivity contribution < 1.29 is 14.3 Å². The van der Waals surface area contributed by atoms with E-state index in [-0.39, 0.29) is 11.8 Å². The van der Waals surface area contributed by atoms with Crippen LogP contribution in [-0.4, -0.2) is 25.5 Å². The number of hydrogen-bond donors (Lipinski definition) is 2. The second-order valence-electron chi connectivity index (χ2n) is 3.91. The van der Waals surface area contributed by atoms with Gasteiger partial charge in [0.1, 0.15) is 11.5 Å². The van der Waals surface area contributed by atoms with Gasteiger partial charge < -0.3 is 20.2 Å². The van der Waals surface area contributed by atoms with Crippen LogP contribution in [0, 0.1) is 0 Å². The lowest BCUT2D eigenvalue weighted by Crippen LogP contribution is -2.29. The van der Waals surface area contributed by atoms with Crippen LogP contribution in [0.15, 0.2) is 24.3 Å². The van der Waals surface area contributed by atoms with E-state index in [1.54, 1.807) is 31.4 Å². The average molecular weight is 250 g/mol. The number of amides is 2. The number of Topliss-reactive ketones (excluding diaryl/α,β-unsaturated/α-hetero) is 1. The van der Waals surface area contributed by atoms with Gasteiger partial charge in [-0.25, -0.2) is 4.79 Å². The number of benzene rings is 1. The summed E-state index contributed by atoms with van der Waals surface area (Å²) in [5.41, 5.74) is 0.694. The Morgan fingerprint density at radius 2 is 1.89 bits per heavy atom. The second kappa shape index (κ2) is 7.32. The fourth-order valence-corrected chi connectivity index (χ4v) is 1.39. The zero-order valence-corrected chi connectivity index (χ0v) is 10.7. The van der Waals surface area contributed by atoms with Crippen molar-refractivity contribution in [3.05, 3.63) is 24.3 Å². The maximum absolute atomic E-state index is 11.5. The van der Waals surface area contributed by atoms with Gasteiger partial charge in [-0.15, -0.1) is 0 Å². The van der Waals surface area contributed by atoms with E-state index < -0.39 is 0 Å². The first-order chi connectivity index (χ1) is 8.61. The summed E-state index contributed by atoms with van der Waals surface area (Å²) in [6, 6.07) is 6.78. The van der Waals surface area contributed by atoms with Gasteiger partial charge in [0.15, 0.2) is 0 Å². The van der Waals surface area contributed by atoms with Gasteiger partial charge in [-0.1, -0.05) is 0 Å². The highest BCUT2D eigenvalue weighted by Gasteiger charge is 2.01. The summed E-state index contributed by atoms with van der Waals surface area (Å²) in [7, 11) is 1.59. The molecule has 0 heterocycles. The predicted octanol–water partition coefficient (Wildman–Crippen LogP) is 2.19. The van der Waals surface area contributed by atoms with Crippen LogP contribution in [0.5, 0.6) is 5.75 Å². The lowest BCUT2D eigenvalue weighted by molar-refractivity contribution is -0.117. The minimum Gasteiger partial charge on any atom is -0.497 e. The number of hydrogen-bond acceptors (Lipinski definition) is 3. The molecule has 0 aromatic heterocycles. The van der Waals surface area contributed by atoms with Gasteiger partial charge in [0.2, 0.25) is 0 Å². The van der Waals surface area contributed by atoms with Crippen molar-refractivity contribution in [2.24, 2.45) is 0 Å². The predicted molar refractivity (Wildman–Crippen MR) is 69.9 cm³/mol. The maximum atomic E-state index is 11.5. The Morgan fingerprint density at radius 1 is 1.22 bits per heavy atom. The molecule has 0 bridgehead atoms. The largest absolute Gasteiger partial charge is 0.497 e. The standard InChI is InChI=1S/C13H18N2O3/c1-10(16)4-3-9-14-13(17)15-11-5-7-12(18-2)8-6-11/h5-8H,3-4,9H2,1-2H3,(H2,14,15,17). The lowest BCUT2D eigenvalue weighted by Gasteiger charge is -2.07. The SMILES string of the molecule is COc1ccc(NC(=O)NCCCC(C)=O)cc1. The first-order valence-corrected chi connectivity index (χ1v) is 5.80. The van der Waals surface area contributed by atoms with E-state index in [1.807, 2.05) is 0 Å². The van der Waals surface area contributed by atoms with Gasteiger partial charge >= 0.3 is 6.03 Å². The fraction of sp³-hybridized carbons (Fsp3) is 0.385. The molecule has 1 aromatic rings. The summed E-state index contributed by atoms with van der Waals surface area (Å²) < 4.78 is 5.02. The Morgan fingerprint density at radius 3 is 2.44 bits per heavy atom. The summed E-state index contributed by atoms with van der Waals surface area (Å²) in [6.07, 6.45) is 1.15. The van der Waals surface area contributed by atoms with E-state index in [9.17, 15) is 9.59 Å². The zero-order chi connectivity index (χ0) is 13.4. The van der Waals surface area contributed by atoms with Crippen LogP contribution in [-0.2, 0) is 4.79 Å². The van der Waals surface area contributed by atoms with Crippen molar-refractivity contribution in [2.45, 2.75) is 19.8 Å². The molecule has 2 amide bonds. The monoisotopic (exact) mass is 250 g/mol. The van der Waals surface area contributed by atoms with Gasteiger partial charge in [0, 0.05) is 18.7 Å². The van der Waals surface area contributed by atoms with Crippen LogP contribution in [0.4, 0.5) is 10.5 Å². The van der Waals surface area contributed by atoms with Crippen molar-refractivity contribution in [1.82, 2.24) is 5.32 Å². The molecular weight excluding hydrogens is 232 g/mol. The number of ether oxygens (including phenoxy) is 1. The number of ketones is 1. The molecule has 0 aliphatic rings. The molecule has 0 unspecified atom stereocenters. The molecule has 0 fully saturated rings. The molecule has 0 spiro atoms.